The summed E-state index contributed by atoms with van der Waals surface area (Å²) >= 11 is 0. The number of aliphatic hydroxyl groups is 3. The van der Waals surface area contributed by atoms with Crippen molar-refractivity contribution in [1.29, 1.82) is 0 Å². The van der Waals surface area contributed by atoms with Gasteiger partial charge in [0.25, 0.3) is 0 Å². The van der Waals surface area contributed by atoms with Gasteiger partial charge < -0.3 is 137 Å². The third kappa shape index (κ3) is 33.8. The molecular formula is C66H60O39. The van der Waals surface area contributed by atoms with Crippen molar-refractivity contribution in [2.75, 3.05) is 0 Å². The van der Waals surface area contributed by atoms with E-state index >= 15 is 0 Å². The van der Waals surface area contributed by atoms with Gasteiger partial charge in [-0.2, -0.15) is 0 Å². The van der Waals surface area contributed by atoms with Crippen LogP contribution in [0.5, 0.6) is 69.0 Å². The van der Waals surface area contributed by atoms with Gasteiger partial charge in [-0.25, -0.2) is 57.5 Å². The largest absolute Gasteiger partial charge is 0.504 e. The number of hydrogen-bond donors (Lipinski definition) is 24. The third-order valence-corrected chi connectivity index (χ3v) is 11.6. The second-order valence-corrected chi connectivity index (χ2v) is 19.4. The number of hydrogen-bond acceptors (Lipinski definition) is 30. The second kappa shape index (κ2) is 43.3. The molecule has 0 aliphatic rings. The van der Waals surface area contributed by atoms with E-state index in [9.17, 15) is 93.3 Å². The first kappa shape index (κ1) is 87.9. The number of aliphatic carboxylic acids is 9. The van der Waals surface area contributed by atoms with E-state index in [2.05, 4.69) is 14.2 Å². The highest BCUT2D eigenvalue weighted by Crippen LogP contribution is 2.30. The Morgan fingerprint density at radius 2 is 0.400 bits per heavy atom. The topological polar surface area (TPSA) is 718 Å². The SMILES string of the molecule is O=C(/C=C/c1ccc(O)c(O)c1)OC(C(=O)O)C(O)C(=O)O.O=C(/C=C/c1ccc(O)c(O)c1)OC(C(=O)O)C(OC(=O)/C=C/c1ccc(O)c(O)c1)C(=O)O.O=C(O)/C=C/c1ccc(O)c(O)c1.O=C(O)/C=C/c1ccc(O)c(O)c1.O=C(O)/C=C/c1ccc(O)c(O)c1.O=C(O)C(O)C(O)C(=O)O. The molecule has 0 saturated heterocycles. The van der Waals surface area contributed by atoms with Crippen molar-refractivity contribution in [1.82, 2.24) is 0 Å². The van der Waals surface area contributed by atoms with E-state index in [0.717, 1.165) is 91.1 Å². The van der Waals surface area contributed by atoms with Crippen molar-refractivity contribution in [2.45, 2.75) is 36.6 Å². The minimum atomic E-state index is -2.41. The fourth-order valence-corrected chi connectivity index (χ4v) is 6.49. The smallest absolute Gasteiger partial charge is 0.349 e. The molecule has 0 amide bonds. The first-order valence-corrected chi connectivity index (χ1v) is 27.9. The molecule has 24 N–H and O–H groups in total. The predicted octanol–water partition coefficient (Wildman–Crippen LogP) is 2.25. The second-order valence-electron chi connectivity index (χ2n) is 19.4. The van der Waals surface area contributed by atoms with Crippen molar-refractivity contribution in [2.24, 2.45) is 0 Å². The summed E-state index contributed by atoms with van der Waals surface area (Å²) in [5.41, 5.74) is 2.28. The van der Waals surface area contributed by atoms with Crippen LogP contribution in [0.2, 0.25) is 0 Å². The summed E-state index contributed by atoms with van der Waals surface area (Å²) in [4.78, 5) is 130. The van der Waals surface area contributed by atoms with Gasteiger partial charge in [0.2, 0.25) is 18.3 Å². The minimum Gasteiger partial charge on any atom is -0.504 e. The molecule has 0 fully saturated rings. The molecule has 105 heavy (non-hydrogen) atoms. The Bertz CT molecular complexity index is 4030. The molecule has 6 atom stereocenters. The lowest BCUT2D eigenvalue weighted by Gasteiger charge is -2.19. The normalized spacial score (nSPS) is 12.4. The third-order valence-electron chi connectivity index (χ3n) is 11.6. The molecule has 0 radical (unpaired) electrons. The first-order chi connectivity index (χ1) is 48.9. The van der Waals surface area contributed by atoms with Crippen molar-refractivity contribution < 1.29 is 194 Å². The number of aliphatic hydroxyl groups excluding tert-OH is 3. The highest BCUT2D eigenvalue weighted by Gasteiger charge is 2.40. The van der Waals surface area contributed by atoms with E-state index in [4.69, 9.17) is 86.8 Å². The highest BCUT2D eigenvalue weighted by molar-refractivity contribution is 5.95. The molecule has 0 heterocycles. The highest BCUT2D eigenvalue weighted by atomic mass is 16.6. The molecule has 0 spiro atoms. The number of ether oxygens (including phenoxy) is 3. The Morgan fingerprint density at radius 3 is 0.552 bits per heavy atom. The molecule has 0 aliphatic heterocycles. The molecule has 6 unspecified atom stereocenters. The van der Waals surface area contributed by atoms with Crippen molar-refractivity contribution in [3.8, 4) is 69.0 Å². The lowest BCUT2D eigenvalue weighted by atomic mass is 10.2. The van der Waals surface area contributed by atoms with Crippen LogP contribution in [0.25, 0.3) is 36.5 Å². The van der Waals surface area contributed by atoms with E-state index in [1.54, 1.807) is 0 Å². The quantitative estimate of drug-likeness (QED) is 0.0179. The number of carboxylic acids is 9. The molecule has 39 heteroatoms. The van der Waals surface area contributed by atoms with Crippen LogP contribution in [0.15, 0.2) is 146 Å². The molecule has 558 valence electrons. The maximum absolute atomic E-state index is 12.0. The molecule has 6 aromatic rings. The van der Waals surface area contributed by atoms with Crippen LogP contribution in [0.1, 0.15) is 33.4 Å². The van der Waals surface area contributed by atoms with Crippen LogP contribution in [0, 0.1) is 0 Å². The van der Waals surface area contributed by atoms with Crippen LogP contribution < -0.4 is 0 Å². The van der Waals surface area contributed by atoms with Crippen molar-refractivity contribution >= 4 is 108 Å². The van der Waals surface area contributed by atoms with Gasteiger partial charge in [-0.15, -0.1) is 0 Å². The molecule has 0 aromatic heterocycles. The summed E-state index contributed by atoms with van der Waals surface area (Å²) < 4.78 is 13.6. The molecule has 0 aliphatic carbocycles. The zero-order valence-electron chi connectivity index (χ0n) is 52.6. The lowest BCUT2D eigenvalue weighted by Crippen LogP contribution is -2.45. The number of rotatable bonds is 24. The van der Waals surface area contributed by atoms with Gasteiger partial charge in [-0.3, -0.25) is 0 Å². The van der Waals surface area contributed by atoms with E-state index in [-0.39, 0.29) is 56.9 Å². The Labute approximate surface area is 585 Å². The number of benzene rings is 6. The Hall–Kier alpha value is -15.1. The van der Waals surface area contributed by atoms with E-state index in [1.165, 1.54) is 91.0 Å². The minimum absolute atomic E-state index is 0.228. The summed E-state index contributed by atoms with van der Waals surface area (Å²) in [5.74, 6) is -22.1. The van der Waals surface area contributed by atoms with Crippen LogP contribution >= 0.6 is 0 Å². The van der Waals surface area contributed by atoms with Gasteiger partial charge in [0.15, 0.2) is 87.3 Å². The maximum atomic E-state index is 12.0. The van der Waals surface area contributed by atoms with Crippen LogP contribution in [-0.4, -0.2) is 231 Å². The fourth-order valence-electron chi connectivity index (χ4n) is 6.49. The summed E-state index contributed by atoms with van der Waals surface area (Å²) in [5, 5.41) is 212. The summed E-state index contributed by atoms with van der Waals surface area (Å²) in [6.07, 6.45) is -1.63. The maximum Gasteiger partial charge on any atom is 0.349 e. The Kier molecular flexibility index (Phi) is 36.3. The summed E-state index contributed by atoms with van der Waals surface area (Å²) in [7, 11) is 0. The van der Waals surface area contributed by atoms with Crippen molar-refractivity contribution in [3.05, 3.63) is 179 Å². The monoisotopic (exact) mass is 1480 g/mol. The summed E-state index contributed by atoms with van der Waals surface area (Å²) in [6.45, 7) is 0. The van der Waals surface area contributed by atoms with Crippen LogP contribution in [0.4, 0.5) is 0 Å². The van der Waals surface area contributed by atoms with Gasteiger partial charge in [-0.05, 0) is 143 Å². The first-order valence-electron chi connectivity index (χ1n) is 27.9. The fraction of sp³-hybridized carbons (Fsp3) is 0.0909. The average Bonchev–Trinajstić information content (AvgIpc) is 0.842. The van der Waals surface area contributed by atoms with Gasteiger partial charge in [0.05, 0.1) is 0 Å². The van der Waals surface area contributed by atoms with Gasteiger partial charge >= 0.3 is 71.6 Å². The Morgan fingerprint density at radius 1 is 0.229 bits per heavy atom. The zero-order valence-corrected chi connectivity index (χ0v) is 52.6. The van der Waals surface area contributed by atoms with Gasteiger partial charge in [0.1, 0.15) is 0 Å². The number of carbonyl (C=O) groups excluding carboxylic acids is 3. The van der Waals surface area contributed by atoms with E-state index in [1.807, 2.05) is 0 Å². The number of phenolic OH excluding ortho intramolecular Hbond substituents is 12. The predicted molar refractivity (Wildman–Crippen MR) is 349 cm³/mol. The average molecular weight is 1480 g/mol. The number of aromatic hydroxyl groups is 12. The van der Waals surface area contributed by atoms with Crippen molar-refractivity contribution in [3.63, 3.8) is 0 Å². The molecule has 0 bridgehead atoms. The van der Waals surface area contributed by atoms with Gasteiger partial charge in [0, 0.05) is 36.5 Å². The molecular weight excluding hydrogens is 1420 g/mol. The zero-order chi connectivity index (χ0) is 80.1. The standard InChI is InChI=1S/C22H18O12.C13H12O9.3C9H8O4.C4H6O6/c23-13-5-1-11(9-15(13)25)3-7-17(27)33-19(21(29)30)20(22(31)32)34-18(28)8-4-12-2-6-14(24)16(26)10-12;14-7-3-1-6(5-8(7)15)2-4-9(16)22-11(13(20)21)10(17)12(18)19;3*10-7-3-1-6(5-8(7)11)2-4-9(12)13;5-1(3(7)8)2(6)4(9)10/h1-10,19-20,23-26H,(H,29,30)(H,31,32);1-5,10-11,14-15,17H,(H,18,19)(H,20,21);3*1-5,10-11H,(H,12,13);1-2,5-6H,(H,7,8)(H,9,10)/b7-3+,8-4+;4*4-2+;. The van der Waals surface area contributed by atoms with Crippen LogP contribution in [-0.2, 0) is 71.7 Å². The van der Waals surface area contributed by atoms with E-state index < -0.39 is 137 Å². The number of carboxylic acid groups (broad SMARTS) is 9. The lowest BCUT2D eigenvalue weighted by molar-refractivity contribution is -0.183. The number of phenols is 12. The molecule has 6 aromatic carbocycles. The summed E-state index contributed by atoms with van der Waals surface area (Å²) in [6, 6.07) is 22.9. The number of esters is 3. The van der Waals surface area contributed by atoms with Crippen LogP contribution in [0.3, 0.4) is 0 Å². The molecule has 6 rings (SSSR count). The Balaban J connectivity index is 0.000000670. The molecule has 0 saturated carbocycles. The van der Waals surface area contributed by atoms with E-state index in [0.29, 0.717) is 16.7 Å². The number of carbonyl (C=O) groups is 12. The van der Waals surface area contributed by atoms with Gasteiger partial charge in [-0.1, -0.05) is 36.4 Å². The molecule has 39 nitrogen and oxygen atoms in total.